The number of hydrogen-bond donors (Lipinski definition) is 0. The second-order valence-electron chi connectivity index (χ2n) is 2.62. The highest BCUT2D eigenvalue weighted by atomic mass is 32.2. The van der Waals surface area contributed by atoms with Gasteiger partial charge in [-0.05, 0) is 13.3 Å². The van der Waals surface area contributed by atoms with Crippen molar-refractivity contribution >= 4 is 23.9 Å². The van der Waals surface area contributed by atoms with Crippen molar-refractivity contribution in [3.8, 4) is 0 Å². The van der Waals surface area contributed by atoms with Gasteiger partial charge in [-0.25, -0.2) is 0 Å². The van der Waals surface area contributed by atoms with Crippen LogP contribution in [-0.4, -0.2) is 20.8 Å². The van der Waals surface area contributed by atoms with E-state index in [0.29, 0.717) is 0 Å². The highest BCUT2D eigenvalue weighted by Gasteiger charge is 2.41. The van der Waals surface area contributed by atoms with Gasteiger partial charge >= 0.3 is 11.0 Å². The Kier molecular flexibility index (Phi) is 5.62. The molecule has 0 aromatic carbocycles. The molecule has 0 saturated carbocycles. The molecule has 0 heterocycles. The maximum Gasteiger partial charge on any atom is 0.457 e. The Labute approximate surface area is 91.8 Å². The molecule has 0 radical (unpaired) electrons. The first kappa shape index (κ1) is 15.2. The molecule has 0 N–H and O–H groups in total. The number of rotatable bonds is 4. The van der Waals surface area contributed by atoms with E-state index >= 15 is 0 Å². The summed E-state index contributed by atoms with van der Waals surface area (Å²) in [7, 11) is 0. The number of halogens is 6. The lowest BCUT2D eigenvalue weighted by Crippen LogP contribution is -2.27. The van der Waals surface area contributed by atoms with Gasteiger partial charge in [-0.3, -0.25) is 0 Å². The molecule has 0 spiro atoms. The zero-order chi connectivity index (χ0) is 12.3. The first-order valence-corrected chi connectivity index (χ1v) is 5.40. The molecule has 9 heteroatoms. The van der Waals surface area contributed by atoms with Crippen molar-refractivity contribution in [2.45, 2.75) is 37.3 Å². The smallest absolute Gasteiger partial charge is 0.176 e. The molecule has 0 amide bonds. The lowest BCUT2D eigenvalue weighted by molar-refractivity contribution is -0.0390. The topological polar surface area (TPSA) is 3.24 Å². The summed E-state index contributed by atoms with van der Waals surface area (Å²) >= 11 is -1.52. The lowest BCUT2D eigenvalue weighted by Gasteiger charge is -2.26. The van der Waals surface area contributed by atoms with Crippen LogP contribution in [0.5, 0.6) is 0 Å². The largest absolute Gasteiger partial charge is 0.457 e. The van der Waals surface area contributed by atoms with E-state index in [2.05, 4.69) is 0 Å². The molecule has 0 saturated heterocycles. The van der Waals surface area contributed by atoms with Crippen LogP contribution in [0.1, 0.15) is 20.3 Å². The maximum absolute atomic E-state index is 11.9. The van der Waals surface area contributed by atoms with Crippen LogP contribution >= 0.6 is 23.9 Å². The Hall–Kier alpha value is 0.240. The van der Waals surface area contributed by atoms with Crippen molar-refractivity contribution in [3.05, 3.63) is 0 Å². The molecule has 1 nitrogen and oxygen atoms in total. The van der Waals surface area contributed by atoms with E-state index in [1.165, 1.54) is 13.8 Å². The minimum absolute atomic E-state index is 0.201. The molecule has 1 atom stereocenters. The van der Waals surface area contributed by atoms with Crippen molar-refractivity contribution in [2.75, 3.05) is 0 Å². The van der Waals surface area contributed by atoms with Gasteiger partial charge in [0.25, 0.3) is 0 Å². The fourth-order valence-electron chi connectivity index (χ4n) is 0.552. The van der Waals surface area contributed by atoms with Crippen LogP contribution < -0.4 is 0 Å². The van der Waals surface area contributed by atoms with E-state index < -0.39 is 41.0 Å². The summed E-state index contributed by atoms with van der Waals surface area (Å²) in [5.74, 6) is 0. The van der Waals surface area contributed by atoms with Crippen LogP contribution in [0.15, 0.2) is 0 Å². The number of hydrogen-bond acceptors (Lipinski definition) is 3. The summed E-state index contributed by atoms with van der Waals surface area (Å²) in [4.78, 5) is 0. The predicted octanol–water partition coefficient (Wildman–Crippen LogP) is 4.42. The van der Waals surface area contributed by atoms with Crippen molar-refractivity contribution in [3.63, 3.8) is 0 Å². The van der Waals surface area contributed by atoms with Gasteiger partial charge in [0.1, 0.15) is 0 Å². The molecule has 0 fully saturated rings. The maximum atomic E-state index is 11.9. The molecular weight excluding hydrogens is 264 g/mol. The Morgan fingerprint density at radius 1 is 1.00 bits per heavy atom. The van der Waals surface area contributed by atoms with Crippen molar-refractivity contribution in [1.82, 2.24) is 3.71 Å². The van der Waals surface area contributed by atoms with Crippen molar-refractivity contribution in [2.24, 2.45) is 0 Å². The fraction of sp³-hybridized carbons (Fsp3) is 1.00. The summed E-state index contributed by atoms with van der Waals surface area (Å²) in [6.45, 7) is 2.82. The van der Waals surface area contributed by atoms with Gasteiger partial charge in [0.05, 0.1) is 0 Å². The Morgan fingerprint density at radius 2 is 1.33 bits per heavy atom. The van der Waals surface area contributed by atoms with E-state index in [0.717, 1.165) is 0 Å². The molecule has 0 aliphatic carbocycles. The monoisotopic (exact) mass is 273 g/mol. The summed E-state index contributed by atoms with van der Waals surface area (Å²) in [6.07, 6.45) is 0.201. The minimum atomic E-state index is -4.71. The second-order valence-corrected chi connectivity index (χ2v) is 4.93. The summed E-state index contributed by atoms with van der Waals surface area (Å²) in [5.41, 5.74) is -9.41. The molecule has 0 rings (SSSR count). The first-order valence-electron chi connectivity index (χ1n) is 3.86. The van der Waals surface area contributed by atoms with Gasteiger partial charge in [-0.1, -0.05) is 6.92 Å². The fourth-order valence-corrected chi connectivity index (χ4v) is 2.27. The zero-order valence-corrected chi connectivity index (χ0v) is 9.45. The Balaban J connectivity index is 4.46. The van der Waals surface area contributed by atoms with Crippen LogP contribution in [0.3, 0.4) is 0 Å². The van der Waals surface area contributed by atoms with Gasteiger partial charge in [0, 0.05) is 29.9 Å². The van der Waals surface area contributed by atoms with Crippen LogP contribution in [0, 0.1) is 0 Å². The quantitative estimate of drug-likeness (QED) is 0.551. The van der Waals surface area contributed by atoms with Gasteiger partial charge in [-0.2, -0.15) is 30.1 Å². The van der Waals surface area contributed by atoms with Crippen LogP contribution in [0.25, 0.3) is 0 Å². The molecule has 0 aliphatic rings. The van der Waals surface area contributed by atoms with E-state index in [4.69, 9.17) is 0 Å². The van der Waals surface area contributed by atoms with Crippen LogP contribution in [-0.2, 0) is 0 Å². The third-order valence-corrected chi connectivity index (χ3v) is 3.28. The summed E-state index contributed by atoms with van der Waals surface area (Å²) < 4.78 is 71.7. The number of nitrogens with zero attached hydrogens (tertiary/aromatic N) is 1. The van der Waals surface area contributed by atoms with Gasteiger partial charge in [0.15, 0.2) is 0 Å². The SMILES string of the molecule is CCC(C)N(SC(F)(F)F)SC(F)(F)F. The summed E-state index contributed by atoms with van der Waals surface area (Å²) in [5, 5.41) is 0. The van der Waals surface area contributed by atoms with Gasteiger partial charge in [-0.15, -0.1) is 0 Å². The van der Waals surface area contributed by atoms with Crippen molar-refractivity contribution < 1.29 is 26.3 Å². The average molecular weight is 273 g/mol. The second kappa shape index (κ2) is 5.53. The van der Waals surface area contributed by atoms with E-state index in [1.54, 1.807) is 0 Å². The molecule has 92 valence electrons. The molecule has 15 heavy (non-hydrogen) atoms. The van der Waals surface area contributed by atoms with E-state index in [9.17, 15) is 26.3 Å². The van der Waals surface area contributed by atoms with Crippen molar-refractivity contribution in [1.29, 1.82) is 0 Å². The third-order valence-electron chi connectivity index (χ3n) is 1.34. The minimum Gasteiger partial charge on any atom is -0.176 e. The molecule has 0 aromatic rings. The molecule has 0 bridgehead atoms. The highest BCUT2D eigenvalue weighted by Crippen LogP contribution is 2.45. The van der Waals surface area contributed by atoms with Crippen LogP contribution in [0.4, 0.5) is 26.3 Å². The Morgan fingerprint density at radius 3 is 1.53 bits per heavy atom. The molecule has 1 unspecified atom stereocenters. The van der Waals surface area contributed by atoms with Gasteiger partial charge < -0.3 is 0 Å². The molecular formula is C6H9F6NS2. The number of alkyl halides is 6. The predicted molar refractivity (Wildman–Crippen MR) is 48.9 cm³/mol. The standard InChI is InChI=1S/C6H9F6NS2/c1-3-4(2)13(14-5(7,8)9)15-6(10,11)12/h4H,3H2,1-2H3. The molecule has 0 aliphatic heterocycles. The third kappa shape index (κ3) is 8.09. The van der Waals surface area contributed by atoms with Crippen LogP contribution in [0.2, 0.25) is 0 Å². The van der Waals surface area contributed by atoms with E-state index in [1.807, 2.05) is 0 Å². The average Bonchev–Trinajstić information content (AvgIpc) is 1.96. The summed E-state index contributed by atoms with van der Waals surface area (Å²) in [6, 6.07) is -0.816. The lowest BCUT2D eigenvalue weighted by atomic mass is 10.3. The highest BCUT2D eigenvalue weighted by molar-refractivity contribution is 8.12. The molecule has 0 aromatic heterocycles. The van der Waals surface area contributed by atoms with E-state index in [-0.39, 0.29) is 10.1 Å². The zero-order valence-electron chi connectivity index (χ0n) is 7.82. The van der Waals surface area contributed by atoms with Gasteiger partial charge in [0.2, 0.25) is 0 Å². The Bertz CT molecular complexity index is 175. The first-order chi connectivity index (χ1) is 6.55. The normalized spacial score (nSPS) is 15.8.